The first kappa shape index (κ1) is 41.5. The molecule has 0 radical (unpaired) electrons. The Hall–Kier alpha value is -5.86. The lowest BCUT2D eigenvalue weighted by Crippen LogP contribution is -2.53. The third-order valence-corrected chi connectivity index (χ3v) is 13.6. The van der Waals surface area contributed by atoms with Crippen LogP contribution in [0, 0.1) is 5.92 Å². The summed E-state index contributed by atoms with van der Waals surface area (Å²) in [4.78, 5) is 80.3. The Morgan fingerprint density at radius 2 is 1.56 bits per heavy atom. The first-order chi connectivity index (χ1) is 30.1. The second-order valence-electron chi connectivity index (χ2n) is 17.2. The molecule has 5 heterocycles. The van der Waals surface area contributed by atoms with Gasteiger partial charge in [-0.25, -0.2) is 14.8 Å². The molecule has 5 aromatic rings. The molecule has 2 N–H and O–H groups in total. The number of likely N-dealkylation sites (tertiary alicyclic amines) is 1. The molecule has 1 saturated carbocycles. The van der Waals surface area contributed by atoms with Gasteiger partial charge in [0.25, 0.3) is 0 Å². The zero-order chi connectivity index (χ0) is 42.9. The molecule has 3 atom stereocenters. The lowest BCUT2D eigenvalue weighted by Gasteiger charge is -2.39. The van der Waals surface area contributed by atoms with Crippen molar-refractivity contribution in [3.05, 3.63) is 100 Å². The molecule has 4 amide bonds. The van der Waals surface area contributed by atoms with Gasteiger partial charge in [0.15, 0.2) is 0 Å². The highest BCUT2D eigenvalue weighted by molar-refractivity contribution is 6.33. The number of fused-ring (bicyclic) bond motifs is 1. The molecule has 3 unspecified atom stereocenters. The third-order valence-electron chi connectivity index (χ3n) is 13.3. The molecule has 62 heavy (non-hydrogen) atoms. The number of halogens is 1. The van der Waals surface area contributed by atoms with Crippen molar-refractivity contribution in [2.45, 2.75) is 69.4 Å². The fourth-order valence-corrected chi connectivity index (χ4v) is 10.0. The van der Waals surface area contributed by atoms with Crippen molar-refractivity contribution in [1.29, 1.82) is 0 Å². The van der Waals surface area contributed by atoms with Gasteiger partial charge in [-0.1, -0.05) is 72.6 Å². The molecule has 4 aliphatic rings. The normalized spacial score (nSPS) is 21.5. The van der Waals surface area contributed by atoms with Crippen molar-refractivity contribution in [2.24, 2.45) is 13.0 Å². The first-order valence-corrected chi connectivity index (χ1v) is 22.3. The van der Waals surface area contributed by atoms with Gasteiger partial charge in [-0.3, -0.25) is 38.5 Å². The molecule has 1 aliphatic carbocycles. The summed E-state index contributed by atoms with van der Waals surface area (Å²) in [6.07, 6.45) is 7.18. The maximum absolute atomic E-state index is 13.8. The molecule has 3 aliphatic heterocycles. The predicted octanol–water partition coefficient (Wildman–Crippen LogP) is 5.62. The maximum Gasteiger partial charge on any atom is 0.329 e. The fraction of sp³-hybridized carbons (Fsp3) is 0.426. The number of anilines is 1. The third kappa shape index (κ3) is 8.62. The highest BCUT2D eigenvalue weighted by Gasteiger charge is 2.34. The maximum atomic E-state index is 13.8. The Bertz CT molecular complexity index is 2560. The number of benzene rings is 3. The Balaban J connectivity index is 0.744. The van der Waals surface area contributed by atoms with Crippen LogP contribution in [0.15, 0.2) is 83.8 Å². The van der Waals surface area contributed by atoms with E-state index in [9.17, 15) is 24.0 Å². The van der Waals surface area contributed by atoms with Crippen LogP contribution in [0.1, 0.15) is 68.9 Å². The van der Waals surface area contributed by atoms with E-state index in [0.717, 1.165) is 59.9 Å². The summed E-state index contributed by atoms with van der Waals surface area (Å²) in [6, 6.07) is 23.7. The molecule has 0 bridgehead atoms. The molecule has 0 spiro atoms. The van der Waals surface area contributed by atoms with Crippen LogP contribution < -0.4 is 16.3 Å². The van der Waals surface area contributed by atoms with E-state index >= 15 is 0 Å². The topological polar surface area (TPSA) is 155 Å². The molecule has 15 heteroatoms. The second kappa shape index (κ2) is 17.9. The number of carbonyl (C=O) groups excluding carboxylic acids is 4. The SMILES string of the molecule is Cn1c(=O)n(C2CCC(=O)NC2=O)c2ccc(C3CCN(C(=O)CN4CCN(C(=O)C5CCCC(Nc6ncc(Cl)c(-c7cccc(-c8ccccc8)c7)n6)C5)CC4)CC3)cc21. The number of hydrogen-bond donors (Lipinski definition) is 2. The first-order valence-electron chi connectivity index (χ1n) is 21.9. The number of aromatic nitrogens is 4. The van der Waals surface area contributed by atoms with Crippen molar-refractivity contribution in [2.75, 3.05) is 51.1 Å². The van der Waals surface area contributed by atoms with E-state index in [4.69, 9.17) is 16.6 Å². The minimum absolute atomic E-state index is 0.0639. The van der Waals surface area contributed by atoms with Crippen LogP contribution in [0.3, 0.4) is 0 Å². The van der Waals surface area contributed by atoms with Gasteiger partial charge in [0.05, 0.1) is 34.5 Å². The van der Waals surface area contributed by atoms with E-state index in [2.05, 4.69) is 44.8 Å². The quantitative estimate of drug-likeness (QED) is 0.180. The van der Waals surface area contributed by atoms with E-state index in [1.165, 1.54) is 4.57 Å². The Morgan fingerprint density at radius 1 is 0.806 bits per heavy atom. The molecular formula is C47H52ClN9O5. The van der Waals surface area contributed by atoms with Gasteiger partial charge in [0.2, 0.25) is 29.6 Å². The number of carbonyl (C=O) groups is 4. The molecule has 9 rings (SSSR count). The summed E-state index contributed by atoms with van der Waals surface area (Å²) < 4.78 is 3.07. The zero-order valence-electron chi connectivity index (χ0n) is 35.0. The Kier molecular flexibility index (Phi) is 11.9. The van der Waals surface area contributed by atoms with E-state index in [1.807, 2.05) is 58.3 Å². The molecule has 4 fully saturated rings. The van der Waals surface area contributed by atoms with Crippen LogP contribution in [0.2, 0.25) is 5.02 Å². The van der Waals surface area contributed by atoms with Gasteiger partial charge in [-0.2, -0.15) is 0 Å². The number of nitrogens with zero attached hydrogens (tertiary/aromatic N) is 7. The van der Waals surface area contributed by atoms with Crippen LogP contribution in [-0.4, -0.2) is 109 Å². The summed E-state index contributed by atoms with van der Waals surface area (Å²) in [5, 5.41) is 6.35. The fourth-order valence-electron chi connectivity index (χ4n) is 9.85. The molecule has 14 nitrogen and oxygen atoms in total. The average Bonchev–Trinajstić information content (AvgIpc) is 3.55. The average molecular weight is 858 g/mol. The van der Waals surface area contributed by atoms with Crippen molar-refractivity contribution in [3.63, 3.8) is 0 Å². The van der Waals surface area contributed by atoms with Crippen LogP contribution >= 0.6 is 11.6 Å². The van der Waals surface area contributed by atoms with Gasteiger partial charge in [-0.05, 0) is 79.3 Å². The smallest absolute Gasteiger partial charge is 0.329 e. The summed E-state index contributed by atoms with van der Waals surface area (Å²) in [5.41, 5.74) is 6.01. The number of nitrogens with one attached hydrogen (secondary N) is 2. The highest BCUT2D eigenvalue weighted by Crippen LogP contribution is 2.34. The largest absolute Gasteiger partial charge is 0.351 e. The van der Waals surface area contributed by atoms with Crippen molar-refractivity contribution >= 4 is 52.2 Å². The number of aryl methyl sites for hydroxylation is 1. The zero-order valence-corrected chi connectivity index (χ0v) is 35.7. The Morgan fingerprint density at radius 3 is 2.34 bits per heavy atom. The lowest BCUT2D eigenvalue weighted by atomic mass is 9.84. The van der Waals surface area contributed by atoms with Crippen LogP contribution in [-0.2, 0) is 26.2 Å². The van der Waals surface area contributed by atoms with Gasteiger partial charge >= 0.3 is 5.69 Å². The van der Waals surface area contributed by atoms with E-state index < -0.39 is 11.9 Å². The number of piperidine rings is 2. The number of imide groups is 1. The van der Waals surface area contributed by atoms with E-state index in [-0.39, 0.29) is 47.7 Å². The molecule has 322 valence electrons. The van der Waals surface area contributed by atoms with Gasteiger partial charge in [0, 0.05) is 70.3 Å². The van der Waals surface area contributed by atoms with Crippen LogP contribution in [0.25, 0.3) is 33.4 Å². The number of rotatable bonds is 9. The van der Waals surface area contributed by atoms with Crippen LogP contribution in [0.4, 0.5) is 5.95 Å². The molecule has 3 saturated heterocycles. The minimum Gasteiger partial charge on any atom is -0.351 e. The van der Waals surface area contributed by atoms with Gasteiger partial charge < -0.3 is 15.1 Å². The van der Waals surface area contributed by atoms with Crippen molar-refractivity contribution in [1.82, 2.24) is 39.1 Å². The van der Waals surface area contributed by atoms with Crippen molar-refractivity contribution < 1.29 is 19.2 Å². The molecular weight excluding hydrogens is 806 g/mol. The molecule has 2 aromatic heterocycles. The summed E-state index contributed by atoms with van der Waals surface area (Å²) in [6.45, 7) is 4.16. The number of imidazole rings is 1. The summed E-state index contributed by atoms with van der Waals surface area (Å²) in [7, 11) is 1.71. The number of amides is 4. The van der Waals surface area contributed by atoms with Gasteiger partial charge in [-0.15, -0.1) is 0 Å². The number of piperazine rings is 1. The summed E-state index contributed by atoms with van der Waals surface area (Å²) in [5.74, 6) is 0.192. The van der Waals surface area contributed by atoms with Crippen molar-refractivity contribution in [3.8, 4) is 22.4 Å². The standard InChI is InChI=1S/C47H52ClN9O5/c1-53-40-27-33(13-14-38(40)57(47(53)62)39-15-16-41(58)51-44(39)60)31-17-19-55(20-18-31)42(59)29-54-21-23-56(24-22-54)45(61)35-11-6-12-36(26-35)50-46-49-28-37(48)43(52-46)34-10-5-9-32(25-34)30-7-3-2-4-8-30/h2-5,7-10,13-14,25,27-28,31,35-36,39H,6,11-12,15-24,26,29H2,1H3,(H,49,50,52)(H,51,58,60). The second-order valence-corrected chi connectivity index (χ2v) is 17.6. The lowest BCUT2D eigenvalue weighted by molar-refractivity contribution is -0.140. The number of hydrogen-bond acceptors (Lipinski definition) is 9. The predicted molar refractivity (Wildman–Crippen MR) is 237 cm³/mol. The highest BCUT2D eigenvalue weighted by atomic mass is 35.5. The van der Waals surface area contributed by atoms with E-state index in [0.29, 0.717) is 80.8 Å². The van der Waals surface area contributed by atoms with Gasteiger partial charge in [0.1, 0.15) is 6.04 Å². The Labute approximate surface area is 365 Å². The summed E-state index contributed by atoms with van der Waals surface area (Å²) >= 11 is 6.62. The minimum atomic E-state index is -0.720. The van der Waals surface area contributed by atoms with E-state index in [1.54, 1.807) is 17.8 Å². The molecule has 3 aromatic carbocycles. The van der Waals surface area contributed by atoms with Crippen LogP contribution in [0.5, 0.6) is 0 Å². The monoisotopic (exact) mass is 857 g/mol.